The molecule has 0 bridgehead atoms. The minimum atomic E-state index is -0.288. The number of aryl methyl sites for hydroxylation is 1. The van der Waals surface area contributed by atoms with Gasteiger partial charge in [0.15, 0.2) is 0 Å². The smallest absolute Gasteiger partial charge is 0.253 e. The lowest BCUT2D eigenvalue weighted by Crippen LogP contribution is -2.45. The molecule has 0 spiro atoms. The van der Waals surface area contributed by atoms with E-state index in [1.807, 2.05) is 19.1 Å². The summed E-state index contributed by atoms with van der Waals surface area (Å²) in [6.07, 6.45) is 5.07. The highest BCUT2D eigenvalue weighted by Gasteiger charge is 2.38. The van der Waals surface area contributed by atoms with Crippen molar-refractivity contribution in [3.63, 3.8) is 0 Å². The van der Waals surface area contributed by atoms with Gasteiger partial charge in [0, 0.05) is 51.0 Å². The molecule has 1 aliphatic heterocycles. The molecule has 1 saturated heterocycles. The molecule has 3 rings (SSSR count). The maximum Gasteiger partial charge on any atom is 0.253 e. The first-order valence-electron chi connectivity index (χ1n) is 8.63. The van der Waals surface area contributed by atoms with Crippen LogP contribution in [0.2, 0.25) is 0 Å². The third-order valence-electron chi connectivity index (χ3n) is 4.62. The average Bonchev–Trinajstić information content (AvgIpc) is 3.04. The summed E-state index contributed by atoms with van der Waals surface area (Å²) in [6.45, 7) is 3.80. The van der Waals surface area contributed by atoms with Crippen molar-refractivity contribution >= 4 is 11.8 Å². The molecule has 0 aliphatic carbocycles. The topological polar surface area (TPSA) is 87.2 Å². The molecule has 7 heteroatoms. The summed E-state index contributed by atoms with van der Waals surface area (Å²) in [6, 6.07) is 7.22. The molecule has 3 heterocycles. The van der Waals surface area contributed by atoms with Crippen LogP contribution in [-0.2, 0) is 11.3 Å². The van der Waals surface area contributed by atoms with Crippen LogP contribution in [0.5, 0.6) is 0 Å². The van der Waals surface area contributed by atoms with E-state index in [9.17, 15) is 9.59 Å². The zero-order valence-corrected chi connectivity index (χ0v) is 15.0. The molecule has 136 valence electrons. The first-order valence-corrected chi connectivity index (χ1v) is 8.63. The van der Waals surface area contributed by atoms with E-state index >= 15 is 0 Å². The Morgan fingerprint density at radius 1 is 1.19 bits per heavy atom. The first-order chi connectivity index (χ1) is 12.6. The lowest BCUT2D eigenvalue weighted by Gasteiger charge is -2.18. The van der Waals surface area contributed by atoms with Crippen LogP contribution >= 0.6 is 0 Å². The van der Waals surface area contributed by atoms with Crippen molar-refractivity contribution in [3.8, 4) is 0 Å². The number of likely N-dealkylation sites (tertiary alicyclic amines) is 1. The average molecular weight is 353 g/mol. The molecule has 0 aromatic carbocycles. The minimum absolute atomic E-state index is 0.0606. The number of nitrogens with zero attached hydrogens (tertiary/aromatic N) is 3. The standard InChI is InChI=1S/C19H23N5O2/c1-13-3-4-15(9-22-13)18(25)23-17-12-24(11-16(17)19(26)20-2)10-14-5-7-21-8-6-14/h3-9,16-17H,10-12H2,1-2H3,(H,20,26)(H,23,25)/t16-,17-/m0/s1. The molecule has 0 saturated carbocycles. The first kappa shape index (κ1) is 18.0. The summed E-state index contributed by atoms with van der Waals surface area (Å²) >= 11 is 0. The predicted molar refractivity (Wildman–Crippen MR) is 97.3 cm³/mol. The van der Waals surface area contributed by atoms with E-state index in [2.05, 4.69) is 25.5 Å². The van der Waals surface area contributed by atoms with Gasteiger partial charge in [0.25, 0.3) is 5.91 Å². The number of pyridine rings is 2. The molecule has 2 atom stereocenters. The van der Waals surface area contributed by atoms with Gasteiger partial charge in [0.2, 0.25) is 5.91 Å². The van der Waals surface area contributed by atoms with Crippen molar-refractivity contribution in [2.45, 2.75) is 19.5 Å². The van der Waals surface area contributed by atoms with Crippen LogP contribution < -0.4 is 10.6 Å². The van der Waals surface area contributed by atoms with E-state index < -0.39 is 0 Å². The molecule has 2 aromatic heterocycles. The summed E-state index contributed by atoms with van der Waals surface area (Å²) in [4.78, 5) is 35.2. The molecule has 1 aliphatic rings. The quantitative estimate of drug-likeness (QED) is 0.829. The van der Waals surface area contributed by atoms with Crippen LogP contribution in [0, 0.1) is 12.8 Å². The van der Waals surface area contributed by atoms with Crippen LogP contribution in [0.1, 0.15) is 21.6 Å². The van der Waals surface area contributed by atoms with Gasteiger partial charge < -0.3 is 10.6 Å². The summed E-state index contributed by atoms with van der Waals surface area (Å²) in [5.41, 5.74) is 2.48. The monoisotopic (exact) mass is 353 g/mol. The van der Waals surface area contributed by atoms with Gasteiger partial charge in [-0.05, 0) is 36.8 Å². The van der Waals surface area contributed by atoms with E-state index in [1.165, 1.54) is 0 Å². The molecule has 0 unspecified atom stereocenters. The molecule has 26 heavy (non-hydrogen) atoms. The molecule has 7 nitrogen and oxygen atoms in total. The summed E-state index contributed by atoms with van der Waals surface area (Å²) < 4.78 is 0. The fourth-order valence-corrected chi connectivity index (χ4v) is 3.21. The number of amides is 2. The van der Waals surface area contributed by atoms with Gasteiger partial charge in [0.05, 0.1) is 17.5 Å². The Balaban J connectivity index is 1.69. The maximum absolute atomic E-state index is 12.5. The zero-order valence-electron chi connectivity index (χ0n) is 15.0. The number of carbonyl (C=O) groups excluding carboxylic acids is 2. The molecule has 1 fully saturated rings. The Morgan fingerprint density at radius 3 is 2.62 bits per heavy atom. The van der Waals surface area contributed by atoms with Crippen molar-refractivity contribution < 1.29 is 9.59 Å². The normalized spacial score (nSPS) is 19.9. The number of aromatic nitrogens is 2. The number of hydrogen-bond donors (Lipinski definition) is 2. The Labute approximate surface area is 152 Å². The summed E-state index contributed by atoms with van der Waals surface area (Å²) in [5, 5.41) is 5.70. The van der Waals surface area contributed by atoms with E-state index in [0.29, 0.717) is 25.2 Å². The maximum atomic E-state index is 12.5. The Morgan fingerprint density at radius 2 is 1.96 bits per heavy atom. The molecule has 0 radical (unpaired) electrons. The van der Waals surface area contributed by atoms with Gasteiger partial charge in [-0.3, -0.25) is 24.5 Å². The van der Waals surface area contributed by atoms with E-state index in [0.717, 1.165) is 11.3 Å². The van der Waals surface area contributed by atoms with Gasteiger partial charge in [0.1, 0.15) is 0 Å². The molecule has 2 N–H and O–H groups in total. The number of hydrogen-bond acceptors (Lipinski definition) is 5. The largest absolute Gasteiger partial charge is 0.359 e. The Kier molecular flexibility index (Phi) is 5.58. The van der Waals surface area contributed by atoms with E-state index in [1.54, 1.807) is 37.8 Å². The van der Waals surface area contributed by atoms with Crippen molar-refractivity contribution in [2.24, 2.45) is 5.92 Å². The third-order valence-corrected chi connectivity index (χ3v) is 4.62. The number of carbonyl (C=O) groups is 2. The lowest BCUT2D eigenvalue weighted by atomic mass is 10.0. The second-order valence-electron chi connectivity index (χ2n) is 6.54. The number of rotatable bonds is 5. The highest BCUT2D eigenvalue weighted by atomic mass is 16.2. The lowest BCUT2D eigenvalue weighted by molar-refractivity contribution is -0.124. The zero-order chi connectivity index (χ0) is 18.5. The van der Waals surface area contributed by atoms with Crippen LogP contribution in [0.25, 0.3) is 0 Å². The summed E-state index contributed by atoms with van der Waals surface area (Å²) in [5.74, 6) is -0.555. The SMILES string of the molecule is CNC(=O)[C@H]1CN(Cc2ccncc2)C[C@@H]1NC(=O)c1ccc(C)nc1. The van der Waals surface area contributed by atoms with Crippen LogP contribution in [-0.4, -0.2) is 52.9 Å². The summed E-state index contributed by atoms with van der Waals surface area (Å²) in [7, 11) is 1.62. The second kappa shape index (κ2) is 8.05. The molecular formula is C19H23N5O2. The molecule has 2 amide bonds. The number of nitrogens with one attached hydrogen (secondary N) is 2. The highest BCUT2D eigenvalue weighted by molar-refractivity contribution is 5.94. The van der Waals surface area contributed by atoms with Crippen molar-refractivity contribution in [2.75, 3.05) is 20.1 Å². The second-order valence-corrected chi connectivity index (χ2v) is 6.54. The van der Waals surface area contributed by atoms with E-state index in [-0.39, 0.29) is 23.8 Å². The van der Waals surface area contributed by atoms with Crippen molar-refractivity contribution in [1.29, 1.82) is 0 Å². The predicted octanol–water partition coefficient (Wildman–Crippen LogP) is 0.761. The highest BCUT2D eigenvalue weighted by Crippen LogP contribution is 2.20. The van der Waals surface area contributed by atoms with Crippen LogP contribution in [0.4, 0.5) is 0 Å². The van der Waals surface area contributed by atoms with Crippen LogP contribution in [0.3, 0.4) is 0 Å². The van der Waals surface area contributed by atoms with Crippen LogP contribution in [0.15, 0.2) is 42.9 Å². The minimum Gasteiger partial charge on any atom is -0.359 e. The van der Waals surface area contributed by atoms with Crippen molar-refractivity contribution in [1.82, 2.24) is 25.5 Å². The Hall–Kier alpha value is -2.80. The van der Waals surface area contributed by atoms with Gasteiger partial charge in [-0.1, -0.05) is 0 Å². The third kappa shape index (κ3) is 4.23. The van der Waals surface area contributed by atoms with Gasteiger partial charge in [-0.2, -0.15) is 0 Å². The fraction of sp³-hybridized carbons (Fsp3) is 0.368. The molecular weight excluding hydrogens is 330 g/mol. The van der Waals surface area contributed by atoms with Gasteiger partial charge in [-0.25, -0.2) is 0 Å². The fourth-order valence-electron chi connectivity index (χ4n) is 3.21. The molecule has 2 aromatic rings. The van der Waals surface area contributed by atoms with Crippen molar-refractivity contribution in [3.05, 3.63) is 59.7 Å². The van der Waals surface area contributed by atoms with Gasteiger partial charge >= 0.3 is 0 Å². The van der Waals surface area contributed by atoms with Gasteiger partial charge in [-0.15, -0.1) is 0 Å². The van der Waals surface area contributed by atoms with E-state index in [4.69, 9.17) is 0 Å². The Bertz CT molecular complexity index is 763.